The van der Waals surface area contributed by atoms with Crippen LogP contribution in [0.25, 0.3) is 11.5 Å². The van der Waals surface area contributed by atoms with Gasteiger partial charge in [-0.15, -0.1) is 0 Å². The van der Waals surface area contributed by atoms with Crippen LogP contribution < -0.4 is 9.47 Å². The highest BCUT2D eigenvalue weighted by Gasteiger charge is 2.09. The van der Waals surface area contributed by atoms with Gasteiger partial charge in [0.25, 0.3) is 5.89 Å². The first-order valence-corrected chi connectivity index (χ1v) is 7.39. The van der Waals surface area contributed by atoms with Gasteiger partial charge in [0.05, 0.1) is 7.11 Å². The third-order valence-electron chi connectivity index (χ3n) is 2.97. The normalized spacial score (nSPS) is 10.5. The Labute approximate surface area is 136 Å². The lowest BCUT2D eigenvalue weighted by atomic mass is 10.2. The SMILES string of the molecule is COc1ccc(-c2nc(COc3cccc(Br)c3)no2)cc1. The first-order chi connectivity index (χ1) is 10.7. The Kier molecular flexibility index (Phi) is 4.39. The number of nitrogens with zero attached hydrogens (tertiary/aromatic N) is 2. The van der Waals surface area contributed by atoms with Gasteiger partial charge in [0.15, 0.2) is 6.61 Å². The van der Waals surface area contributed by atoms with Crippen LogP contribution in [0.4, 0.5) is 0 Å². The molecule has 0 unspecified atom stereocenters. The first-order valence-electron chi connectivity index (χ1n) is 6.60. The van der Waals surface area contributed by atoms with E-state index >= 15 is 0 Å². The summed E-state index contributed by atoms with van der Waals surface area (Å²) in [5, 5.41) is 3.92. The highest BCUT2D eigenvalue weighted by molar-refractivity contribution is 9.10. The van der Waals surface area contributed by atoms with Gasteiger partial charge >= 0.3 is 0 Å². The van der Waals surface area contributed by atoms with Crippen molar-refractivity contribution in [2.75, 3.05) is 7.11 Å². The molecule has 0 N–H and O–H groups in total. The van der Waals surface area contributed by atoms with Gasteiger partial charge in [-0.1, -0.05) is 27.2 Å². The summed E-state index contributed by atoms with van der Waals surface area (Å²) < 4.78 is 16.9. The lowest BCUT2D eigenvalue weighted by Crippen LogP contribution is -1.97. The summed E-state index contributed by atoms with van der Waals surface area (Å²) >= 11 is 3.39. The molecule has 0 amide bonds. The third-order valence-corrected chi connectivity index (χ3v) is 3.46. The van der Waals surface area contributed by atoms with E-state index in [1.807, 2.05) is 48.5 Å². The summed E-state index contributed by atoms with van der Waals surface area (Å²) in [5.74, 6) is 2.47. The lowest BCUT2D eigenvalue weighted by Gasteiger charge is -2.02. The van der Waals surface area contributed by atoms with Crippen molar-refractivity contribution < 1.29 is 14.0 Å². The number of rotatable bonds is 5. The van der Waals surface area contributed by atoms with E-state index in [0.717, 1.165) is 21.5 Å². The number of halogens is 1. The fourth-order valence-electron chi connectivity index (χ4n) is 1.87. The van der Waals surface area contributed by atoms with Crippen LogP contribution >= 0.6 is 15.9 Å². The van der Waals surface area contributed by atoms with Crippen LogP contribution in [0.3, 0.4) is 0 Å². The van der Waals surface area contributed by atoms with Crippen molar-refractivity contribution in [2.45, 2.75) is 6.61 Å². The lowest BCUT2D eigenvalue weighted by molar-refractivity contribution is 0.287. The number of hydrogen-bond acceptors (Lipinski definition) is 5. The first kappa shape index (κ1) is 14.6. The van der Waals surface area contributed by atoms with Crippen molar-refractivity contribution in [3.05, 3.63) is 58.8 Å². The summed E-state index contributed by atoms with van der Waals surface area (Å²) in [6.07, 6.45) is 0. The van der Waals surface area contributed by atoms with Crippen molar-refractivity contribution in [1.29, 1.82) is 0 Å². The van der Waals surface area contributed by atoms with Crippen molar-refractivity contribution in [1.82, 2.24) is 10.1 Å². The van der Waals surface area contributed by atoms with Gasteiger partial charge in [-0.05, 0) is 42.5 Å². The Morgan fingerprint density at radius 3 is 2.64 bits per heavy atom. The molecular weight excluding hydrogens is 348 g/mol. The largest absolute Gasteiger partial charge is 0.497 e. The summed E-state index contributed by atoms with van der Waals surface area (Å²) in [4.78, 5) is 4.32. The molecule has 0 spiro atoms. The molecule has 0 aliphatic carbocycles. The van der Waals surface area contributed by atoms with Crippen molar-refractivity contribution in [3.63, 3.8) is 0 Å². The van der Waals surface area contributed by atoms with Gasteiger partial charge in [-0.25, -0.2) is 0 Å². The number of hydrogen-bond donors (Lipinski definition) is 0. The van der Waals surface area contributed by atoms with E-state index in [1.165, 1.54) is 0 Å². The zero-order chi connectivity index (χ0) is 15.4. The van der Waals surface area contributed by atoms with Crippen LogP contribution in [0.1, 0.15) is 5.82 Å². The highest BCUT2D eigenvalue weighted by atomic mass is 79.9. The monoisotopic (exact) mass is 360 g/mol. The quantitative estimate of drug-likeness (QED) is 0.685. The molecule has 0 atom stereocenters. The van der Waals surface area contributed by atoms with Crippen molar-refractivity contribution >= 4 is 15.9 Å². The summed E-state index contributed by atoms with van der Waals surface area (Å²) in [6, 6.07) is 15.0. The third kappa shape index (κ3) is 3.46. The fourth-order valence-corrected chi connectivity index (χ4v) is 2.25. The standard InChI is InChI=1S/C16H13BrN2O3/c1-20-13-7-5-11(6-8-13)16-18-15(19-22-16)10-21-14-4-2-3-12(17)9-14/h2-9H,10H2,1H3. The van der Waals surface area contributed by atoms with E-state index in [9.17, 15) is 0 Å². The average Bonchev–Trinajstić information content (AvgIpc) is 3.02. The van der Waals surface area contributed by atoms with E-state index < -0.39 is 0 Å². The van der Waals surface area contributed by atoms with Crippen LogP contribution in [0.2, 0.25) is 0 Å². The summed E-state index contributed by atoms with van der Waals surface area (Å²) in [7, 11) is 1.62. The topological polar surface area (TPSA) is 57.4 Å². The molecule has 112 valence electrons. The van der Waals surface area contributed by atoms with Crippen LogP contribution in [-0.2, 0) is 6.61 Å². The predicted octanol–water partition coefficient (Wildman–Crippen LogP) is 4.09. The second-order valence-corrected chi connectivity index (χ2v) is 5.41. The van der Waals surface area contributed by atoms with E-state index in [1.54, 1.807) is 7.11 Å². The summed E-state index contributed by atoms with van der Waals surface area (Å²) in [6.45, 7) is 0.246. The minimum atomic E-state index is 0.246. The smallest absolute Gasteiger partial charge is 0.258 e. The van der Waals surface area contributed by atoms with Crippen LogP contribution in [0, 0.1) is 0 Å². The van der Waals surface area contributed by atoms with Crippen LogP contribution in [-0.4, -0.2) is 17.3 Å². The van der Waals surface area contributed by atoms with Crippen LogP contribution in [0.5, 0.6) is 11.5 Å². The molecule has 1 aromatic heterocycles. The molecule has 5 nitrogen and oxygen atoms in total. The molecule has 22 heavy (non-hydrogen) atoms. The molecule has 3 rings (SSSR count). The molecule has 0 saturated heterocycles. The van der Waals surface area contributed by atoms with Crippen molar-refractivity contribution in [3.8, 4) is 23.0 Å². The fraction of sp³-hybridized carbons (Fsp3) is 0.125. The molecular formula is C16H13BrN2O3. The molecule has 6 heteroatoms. The van der Waals surface area contributed by atoms with E-state index in [2.05, 4.69) is 26.1 Å². The molecule has 0 aliphatic rings. The maximum absolute atomic E-state index is 5.62. The van der Waals surface area contributed by atoms with E-state index in [-0.39, 0.29) is 6.61 Å². The number of methoxy groups -OCH3 is 1. The Morgan fingerprint density at radius 2 is 1.91 bits per heavy atom. The molecule has 0 aliphatic heterocycles. The molecule has 0 saturated carbocycles. The Morgan fingerprint density at radius 1 is 1.09 bits per heavy atom. The molecule has 0 fully saturated rings. The molecule has 0 bridgehead atoms. The number of ether oxygens (including phenoxy) is 2. The van der Waals surface area contributed by atoms with Gasteiger partial charge < -0.3 is 14.0 Å². The zero-order valence-corrected chi connectivity index (χ0v) is 13.4. The number of aromatic nitrogens is 2. The minimum absolute atomic E-state index is 0.246. The zero-order valence-electron chi connectivity index (χ0n) is 11.8. The Hall–Kier alpha value is -2.34. The molecule has 0 radical (unpaired) electrons. The minimum Gasteiger partial charge on any atom is -0.497 e. The average molecular weight is 361 g/mol. The molecule has 3 aromatic rings. The highest BCUT2D eigenvalue weighted by Crippen LogP contribution is 2.22. The Bertz CT molecular complexity index is 756. The van der Waals surface area contributed by atoms with Gasteiger partial charge in [0, 0.05) is 10.0 Å². The predicted molar refractivity (Wildman–Crippen MR) is 84.8 cm³/mol. The Balaban J connectivity index is 1.68. The molecule has 2 aromatic carbocycles. The van der Waals surface area contributed by atoms with Gasteiger partial charge in [-0.2, -0.15) is 4.98 Å². The van der Waals surface area contributed by atoms with Gasteiger partial charge in [-0.3, -0.25) is 0 Å². The van der Waals surface area contributed by atoms with Gasteiger partial charge in [0.1, 0.15) is 11.5 Å². The second-order valence-electron chi connectivity index (χ2n) is 4.49. The van der Waals surface area contributed by atoms with E-state index in [4.69, 9.17) is 14.0 Å². The second kappa shape index (κ2) is 6.62. The van der Waals surface area contributed by atoms with Crippen molar-refractivity contribution in [2.24, 2.45) is 0 Å². The van der Waals surface area contributed by atoms with E-state index in [0.29, 0.717) is 11.7 Å². The number of benzene rings is 2. The maximum atomic E-state index is 5.62. The van der Waals surface area contributed by atoms with Gasteiger partial charge in [0.2, 0.25) is 5.82 Å². The molecule has 1 heterocycles. The summed E-state index contributed by atoms with van der Waals surface area (Å²) in [5.41, 5.74) is 0.835. The van der Waals surface area contributed by atoms with Crippen LogP contribution in [0.15, 0.2) is 57.5 Å². The maximum Gasteiger partial charge on any atom is 0.258 e.